The van der Waals surface area contributed by atoms with Crippen molar-refractivity contribution in [2.24, 2.45) is 5.73 Å². The minimum atomic E-state index is -0.400. The molecule has 7 heteroatoms. The third-order valence-electron chi connectivity index (χ3n) is 3.65. The van der Waals surface area contributed by atoms with Crippen LogP contribution in [0.2, 0.25) is 5.02 Å². The number of anilines is 1. The predicted molar refractivity (Wildman–Crippen MR) is 99.4 cm³/mol. The molecule has 0 bridgehead atoms. The van der Waals surface area contributed by atoms with Crippen LogP contribution >= 0.6 is 11.6 Å². The number of carbonyl (C=O) groups is 2. The number of carbonyl (C=O) groups excluding carboxylic acids is 2. The molecule has 6 nitrogen and oxygen atoms in total. The molecule has 2 aromatic rings. The van der Waals surface area contributed by atoms with Crippen molar-refractivity contribution in [2.75, 3.05) is 18.5 Å². The molecule has 0 atom stereocenters. The van der Waals surface area contributed by atoms with Crippen LogP contribution in [0, 0.1) is 0 Å². The van der Waals surface area contributed by atoms with Gasteiger partial charge in [-0.3, -0.25) is 9.59 Å². The number of hydrogen-bond acceptors (Lipinski definition) is 4. The summed E-state index contributed by atoms with van der Waals surface area (Å²) in [5.41, 5.74) is 7.28. The van der Waals surface area contributed by atoms with Gasteiger partial charge in [0.25, 0.3) is 0 Å². The number of ether oxygens (including phenoxy) is 2. The van der Waals surface area contributed by atoms with E-state index in [1.165, 1.54) is 6.08 Å². The summed E-state index contributed by atoms with van der Waals surface area (Å²) in [6.07, 6.45) is 3.21. The van der Waals surface area contributed by atoms with Crippen LogP contribution in [0.4, 0.5) is 5.69 Å². The van der Waals surface area contributed by atoms with Crippen LogP contribution in [0.25, 0.3) is 6.08 Å². The maximum absolute atomic E-state index is 12.1. The highest BCUT2D eigenvalue weighted by molar-refractivity contribution is 6.32. The van der Waals surface area contributed by atoms with E-state index >= 15 is 0 Å². The second-order valence-electron chi connectivity index (χ2n) is 5.69. The molecule has 0 saturated carbocycles. The summed E-state index contributed by atoms with van der Waals surface area (Å²) < 4.78 is 11.0. The van der Waals surface area contributed by atoms with Gasteiger partial charge in [0, 0.05) is 11.8 Å². The van der Waals surface area contributed by atoms with Gasteiger partial charge in [-0.05, 0) is 41.5 Å². The van der Waals surface area contributed by atoms with Gasteiger partial charge >= 0.3 is 0 Å². The topological polar surface area (TPSA) is 90.7 Å². The number of fused-ring (bicyclic) bond motifs is 1. The molecule has 2 amide bonds. The average molecular weight is 373 g/mol. The van der Waals surface area contributed by atoms with Crippen molar-refractivity contribution in [2.45, 2.75) is 6.42 Å². The van der Waals surface area contributed by atoms with Crippen LogP contribution < -0.4 is 20.5 Å². The molecule has 134 valence electrons. The molecule has 0 aliphatic carbocycles. The highest BCUT2D eigenvalue weighted by Crippen LogP contribution is 2.38. The Hall–Kier alpha value is -2.99. The van der Waals surface area contributed by atoms with Crippen molar-refractivity contribution in [3.63, 3.8) is 0 Å². The van der Waals surface area contributed by atoms with Gasteiger partial charge in [-0.1, -0.05) is 23.7 Å². The van der Waals surface area contributed by atoms with E-state index < -0.39 is 5.91 Å². The first-order chi connectivity index (χ1) is 12.5. The summed E-state index contributed by atoms with van der Waals surface area (Å²) in [6.45, 7) is 0.922. The van der Waals surface area contributed by atoms with Crippen LogP contribution in [-0.4, -0.2) is 25.0 Å². The molecule has 26 heavy (non-hydrogen) atoms. The van der Waals surface area contributed by atoms with E-state index in [1.54, 1.807) is 42.5 Å². The number of rotatable bonds is 5. The number of benzene rings is 2. The van der Waals surface area contributed by atoms with Crippen molar-refractivity contribution in [3.8, 4) is 11.5 Å². The van der Waals surface area contributed by atoms with E-state index in [4.69, 9.17) is 26.8 Å². The summed E-state index contributed by atoms with van der Waals surface area (Å²) in [5, 5.41) is 3.18. The van der Waals surface area contributed by atoms with Gasteiger partial charge in [-0.15, -0.1) is 0 Å². The molecule has 0 saturated heterocycles. The lowest BCUT2D eigenvalue weighted by atomic mass is 10.1. The minimum Gasteiger partial charge on any atom is -0.486 e. The van der Waals surface area contributed by atoms with Gasteiger partial charge in [-0.2, -0.15) is 0 Å². The van der Waals surface area contributed by atoms with Gasteiger partial charge in [0.2, 0.25) is 11.8 Å². The molecule has 1 aliphatic rings. The quantitative estimate of drug-likeness (QED) is 0.789. The molecule has 0 aromatic heterocycles. The van der Waals surface area contributed by atoms with Crippen molar-refractivity contribution in [3.05, 3.63) is 58.6 Å². The van der Waals surface area contributed by atoms with Gasteiger partial charge in [0.15, 0.2) is 11.5 Å². The van der Waals surface area contributed by atoms with Crippen molar-refractivity contribution < 1.29 is 19.1 Å². The zero-order chi connectivity index (χ0) is 18.5. The number of nitrogens with one attached hydrogen (secondary N) is 1. The Morgan fingerprint density at radius 1 is 1.15 bits per heavy atom. The molecule has 0 unspecified atom stereocenters. The Bertz CT molecular complexity index is 863. The average Bonchev–Trinajstić information content (AvgIpc) is 2.61. The first kappa shape index (κ1) is 17.8. The first-order valence-corrected chi connectivity index (χ1v) is 8.34. The summed E-state index contributed by atoms with van der Waals surface area (Å²) >= 11 is 6.17. The standard InChI is InChI=1S/C19H17ClN2O4/c20-15-9-13(10-16-19(15)26-8-7-25-16)3-6-18(24)22-14-4-1-12(2-5-14)11-17(21)23/h1-6,9-10H,7-8,11H2,(H2,21,23)(H,22,24)/b6-3+. The fourth-order valence-electron chi connectivity index (χ4n) is 2.49. The lowest BCUT2D eigenvalue weighted by Gasteiger charge is -2.19. The third kappa shape index (κ3) is 4.55. The Kier molecular flexibility index (Phi) is 5.43. The van der Waals surface area contributed by atoms with E-state index in [0.717, 1.165) is 11.1 Å². The van der Waals surface area contributed by atoms with Crippen LogP contribution in [0.3, 0.4) is 0 Å². The van der Waals surface area contributed by atoms with Crippen molar-refractivity contribution in [1.29, 1.82) is 0 Å². The molecule has 0 radical (unpaired) electrons. The molecule has 3 rings (SSSR count). The SMILES string of the molecule is NC(=O)Cc1ccc(NC(=O)/C=C/c2cc(Cl)c3c(c2)OCCO3)cc1. The molecule has 3 N–H and O–H groups in total. The normalized spacial score (nSPS) is 12.8. The summed E-state index contributed by atoms with van der Waals surface area (Å²) in [6, 6.07) is 10.4. The zero-order valence-corrected chi connectivity index (χ0v) is 14.6. The minimum absolute atomic E-state index is 0.166. The fourth-order valence-corrected chi connectivity index (χ4v) is 2.76. The monoisotopic (exact) mass is 372 g/mol. The molecule has 1 aliphatic heterocycles. The zero-order valence-electron chi connectivity index (χ0n) is 13.8. The summed E-state index contributed by atoms with van der Waals surface area (Å²) in [7, 11) is 0. The number of amides is 2. The van der Waals surface area contributed by atoms with E-state index in [0.29, 0.717) is 35.4 Å². The van der Waals surface area contributed by atoms with E-state index in [1.807, 2.05) is 0 Å². The van der Waals surface area contributed by atoms with E-state index in [-0.39, 0.29) is 12.3 Å². The van der Waals surface area contributed by atoms with Gasteiger partial charge in [0.05, 0.1) is 11.4 Å². The van der Waals surface area contributed by atoms with Crippen LogP contribution in [0.1, 0.15) is 11.1 Å². The van der Waals surface area contributed by atoms with E-state index in [9.17, 15) is 9.59 Å². The van der Waals surface area contributed by atoms with Crippen molar-refractivity contribution >= 4 is 35.2 Å². The van der Waals surface area contributed by atoms with Crippen molar-refractivity contribution in [1.82, 2.24) is 0 Å². The maximum atomic E-state index is 12.1. The molecular weight excluding hydrogens is 356 g/mol. The Morgan fingerprint density at radius 2 is 1.88 bits per heavy atom. The van der Waals surface area contributed by atoms with Crippen LogP contribution in [0.15, 0.2) is 42.5 Å². The number of nitrogens with two attached hydrogens (primary N) is 1. The molecule has 0 fully saturated rings. The lowest BCUT2D eigenvalue weighted by molar-refractivity contribution is -0.117. The smallest absolute Gasteiger partial charge is 0.248 e. The maximum Gasteiger partial charge on any atom is 0.248 e. The van der Waals surface area contributed by atoms with E-state index in [2.05, 4.69) is 5.32 Å². The summed E-state index contributed by atoms with van der Waals surface area (Å²) in [5.74, 6) is 0.394. The second-order valence-corrected chi connectivity index (χ2v) is 6.10. The number of primary amides is 1. The van der Waals surface area contributed by atoms with Crippen LogP contribution in [-0.2, 0) is 16.0 Å². The molecular formula is C19H17ClN2O4. The number of halogens is 1. The third-order valence-corrected chi connectivity index (χ3v) is 3.93. The Morgan fingerprint density at radius 3 is 2.62 bits per heavy atom. The van der Waals surface area contributed by atoms with Crippen LogP contribution in [0.5, 0.6) is 11.5 Å². The van der Waals surface area contributed by atoms with Gasteiger partial charge in [-0.25, -0.2) is 0 Å². The first-order valence-electron chi connectivity index (χ1n) is 7.97. The Labute approximate surface area is 155 Å². The molecule has 0 spiro atoms. The van der Waals surface area contributed by atoms with Gasteiger partial charge < -0.3 is 20.5 Å². The highest BCUT2D eigenvalue weighted by atomic mass is 35.5. The molecule has 1 heterocycles. The number of hydrogen-bond donors (Lipinski definition) is 2. The second kappa shape index (κ2) is 7.93. The lowest BCUT2D eigenvalue weighted by Crippen LogP contribution is -2.15. The molecule has 2 aromatic carbocycles. The largest absolute Gasteiger partial charge is 0.486 e. The highest BCUT2D eigenvalue weighted by Gasteiger charge is 2.15. The predicted octanol–water partition coefficient (Wildman–Crippen LogP) is 2.79. The fraction of sp³-hybridized carbons (Fsp3) is 0.158. The van der Waals surface area contributed by atoms with Gasteiger partial charge in [0.1, 0.15) is 13.2 Å². The Balaban J connectivity index is 1.64. The summed E-state index contributed by atoms with van der Waals surface area (Å²) in [4.78, 5) is 22.9.